The average molecular weight is 238 g/mol. The molecule has 0 spiro atoms. The van der Waals surface area contributed by atoms with Crippen LogP contribution in [0.15, 0.2) is 18.2 Å². The molecule has 0 amide bonds. The van der Waals surface area contributed by atoms with Gasteiger partial charge in [0.1, 0.15) is 5.82 Å². The zero-order chi connectivity index (χ0) is 12.4. The number of benzene rings is 1. The lowest BCUT2D eigenvalue weighted by molar-refractivity contribution is -0.0705. The minimum Gasteiger partial charge on any atom is -0.396 e. The molecule has 0 aliphatic carbocycles. The molecule has 1 aromatic rings. The molecule has 1 saturated heterocycles. The quantitative estimate of drug-likeness (QED) is 0.801. The lowest BCUT2D eigenvalue weighted by Crippen LogP contribution is -2.44. The van der Waals surface area contributed by atoms with Crippen molar-refractivity contribution in [1.82, 2.24) is 4.90 Å². The number of rotatable bonds is 2. The Bertz CT molecular complexity index is 387. The Morgan fingerprint density at radius 2 is 2.00 bits per heavy atom. The zero-order valence-corrected chi connectivity index (χ0v) is 10.3. The maximum absolute atomic E-state index is 13.3. The standard InChI is InChI=1S/C13H19FN2O/c1-9-6-16(7-10(2)17-9)8-11-3-4-13(15)12(14)5-11/h3-5,9-10H,6-8,15H2,1-2H3/t9-,10+. The molecule has 2 rings (SSSR count). The Morgan fingerprint density at radius 3 is 2.59 bits per heavy atom. The third-order valence-corrected chi connectivity index (χ3v) is 2.97. The van der Waals surface area contributed by atoms with E-state index >= 15 is 0 Å². The number of nitrogens with zero attached hydrogens (tertiary/aromatic N) is 1. The fourth-order valence-corrected chi connectivity index (χ4v) is 2.34. The van der Waals surface area contributed by atoms with E-state index in [9.17, 15) is 4.39 Å². The van der Waals surface area contributed by atoms with Crippen molar-refractivity contribution in [2.45, 2.75) is 32.6 Å². The minimum atomic E-state index is -0.336. The molecule has 0 unspecified atom stereocenters. The lowest BCUT2D eigenvalue weighted by atomic mass is 10.1. The summed E-state index contributed by atoms with van der Waals surface area (Å²) in [5.74, 6) is -0.336. The zero-order valence-electron chi connectivity index (χ0n) is 10.3. The first kappa shape index (κ1) is 12.3. The van der Waals surface area contributed by atoms with Crippen molar-refractivity contribution in [3.05, 3.63) is 29.6 Å². The minimum absolute atomic E-state index is 0.206. The summed E-state index contributed by atoms with van der Waals surface area (Å²) in [6.45, 7) is 6.64. The third kappa shape index (κ3) is 3.17. The number of hydrogen-bond donors (Lipinski definition) is 1. The number of halogens is 1. The highest BCUT2D eigenvalue weighted by Gasteiger charge is 2.22. The molecule has 17 heavy (non-hydrogen) atoms. The van der Waals surface area contributed by atoms with E-state index in [1.54, 1.807) is 6.07 Å². The molecule has 1 aromatic carbocycles. The number of hydrogen-bond acceptors (Lipinski definition) is 3. The molecule has 0 aromatic heterocycles. The fourth-order valence-electron chi connectivity index (χ4n) is 2.34. The van der Waals surface area contributed by atoms with E-state index in [4.69, 9.17) is 10.5 Å². The summed E-state index contributed by atoms with van der Waals surface area (Å²) in [4.78, 5) is 2.28. The van der Waals surface area contributed by atoms with Crippen molar-refractivity contribution < 1.29 is 9.13 Å². The van der Waals surface area contributed by atoms with Crippen molar-refractivity contribution in [3.8, 4) is 0 Å². The molecule has 0 saturated carbocycles. The largest absolute Gasteiger partial charge is 0.396 e. The molecule has 1 aliphatic heterocycles. The Morgan fingerprint density at radius 1 is 1.35 bits per heavy atom. The number of ether oxygens (including phenoxy) is 1. The van der Waals surface area contributed by atoms with Gasteiger partial charge in [0.2, 0.25) is 0 Å². The summed E-state index contributed by atoms with van der Waals surface area (Å²) in [7, 11) is 0. The summed E-state index contributed by atoms with van der Waals surface area (Å²) in [6.07, 6.45) is 0.467. The van der Waals surface area contributed by atoms with E-state index in [2.05, 4.69) is 18.7 Å². The van der Waals surface area contributed by atoms with Crippen LogP contribution in [0.3, 0.4) is 0 Å². The molecule has 0 bridgehead atoms. The Labute approximate surface area is 101 Å². The predicted octanol–water partition coefficient (Wildman–Crippen LogP) is 2.02. The molecule has 3 nitrogen and oxygen atoms in total. The monoisotopic (exact) mass is 238 g/mol. The molecule has 0 radical (unpaired) electrons. The van der Waals surface area contributed by atoms with Gasteiger partial charge in [-0.1, -0.05) is 6.07 Å². The molecule has 1 fully saturated rings. The van der Waals surface area contributed by atoms with Crippen LogP contribution in [0.5, 0.6) is 0 Å². The Kier molecular flexibility index (Phi) is 3.64. The second-order valence-corrected chi connectivity index (χ2v) is 4.81. The average Bonchev–Trinajstić information content (AvgIpc) is 2.22. The summed E-state index contributed by atoms with van der Waals surface area (Å²) in [5, 5.41) is 0. The van der Waals surface area contributed by atoms with Crippen molar-refractivity contribution in [2.75, 3.05) is 18.8 Å². The summed E-state index contributed by atoms with van der Waals surface area (Å²) >= 11 is 0. The van der Waals surface area contributed by atoms with Crippen LogP contribution in [0.4, 0.5) is 10.1 Å². The first-order chi connectivity index (χ1) is 8.04. The first-order valence-electron chi connectivity index (χ1n) is 5.96. The van der Waals surface area contributed by atoms with Gasteiger partial charge >= 0.3 is 0 Å². The molecule has 1 heterocycles. The maximum atomic E-state index is 13.3. The molecule has 4 heteroatoms. The number of anilines is 1. The van der Waals surface area contributed by atoms with Crippen LogP contribution < -0.4 is 5.73 Å². The highest BCUT2D eigenvalue weighted by molar-refractivity contribution is 5.41. The van der Waals surface area contributed by atoms with Gasteiger partial charge in [0.15, 0.2) is 0 Å². The van der Waals surface area contributed by atoms with Gasteiger partial charge in [0.25, 0.3) is 0 Å². The fraction of sp³-hybridized carbons (Fsp3) is 0.538. The maximum Gasteiger partial charge on any atom is 0.146 e. The van der Waals surface area contributed by atoms with E-state index in [1.165, 1.54) is 6.07 Å². The number of nitrogens with two attached hydrogens (primary N) is 1. The Balaban J connectivity index is 2.02. The van der Waals surface area contributed by atoms with Gasteiger partial charge in [-0.25, -0.2) is 4.39 Å². The van der Waals surface area contributed by atoms with Crippen LogP contribution in [-0.4, -0.2) is 30.2 Å². The van der Waals surface area contributed by atoms with Crippen LogP contribution in [0.2, 0.25) is 0 Å². The van der Waals surface area contributed by atoms with E-state index < -0.39 is 0 Å². The van der Waals surface area contributed by atoms with E-state index in [-0.39, 0.29) is 23.7 Å². The van der Waals surface area contributed by atoms with Crippen LogP contribution in [0.1, 0.15) is 19.4 Å². The third-order valence-electron chi connectivity index (χ3n) is 2.97. The van der Waals surface area contributed by atoms with Crippen molar-refractivity contribution in [3.63, 3.8) is 0 Å². The molecule has 2 atom stereocenters. The van der Waals surface area contributed by atoms with Crippen LogP contribution in [-0.2, 0) is 11.3 Å². The smallest absolute Gasteiger partial charge is 0.146 e. The molecule has 1 aliphatic rings. The van der Waals surface area contributed by atoms with Crippen molar-refractivity contribution >= 4 is 5.69 Å². The second kappa shape index (κ2) is 5.02. The van der Waals surface area contributed by atoms with Gasteiger partial charge in [0, 0.05) is 19.6 Å². The van der Waals surface area contributed by atoms with E-state index in [0.717, 1.165) is 25.2 Å². The van der Waals surface area contributed by atoms with Crippen molar-refractivity contribution in [2.24, 2.45) is 0 Å². The van der Waals surface area contributed by atoms with Crippen molar-refractivity contribution in [1.29, 1.82) is 0 Å². The van der Waals surface area contributed by atoms with Gasteiger partial charge in [-0.15, -0.1) is 0 Å². The topological polar surface area (TPSA) is 38.5 Å². The van der Waals surface area contributed by atoms with Crippen LogP contribution >= 0.6 is 0 Å². The first-order valence-corrected chi connectivity index (χ1v) is 5.96. The summed E-state index contributed by atoms with van der Waals surface area (Å²) in [5.41, 5.74) is 6.62. The normalized spacial score (nSPS) is 26.1. The van der Waals surface area contributed by atoms with Gasteiger partial charge < -0.3 is 10.5 Å². The van der Waals surface area contributed by atoms with Crippen LogP contribution in [0, 0.1) is 5.82 Å². The predicted molar refractivity (Wildman–Crippen MR) is 66.1 cm³/mol. The lowest BCUT2D eigenvalue weighted by Gasteiger charge is -2.35. The van der Waals surface area contributed by atoms with Crippen LogP contribution in [0.25, 0.3) is 0 Å². The summed E-state index contributed by atoms with van der Waals surface area (Å²) < 4.78 is 19.0. The molecular formula is C13H19FN2O. The molecular weight excluding hydrogens is 219 g/mol. The van der Waals surface area contributed by atoms with Gasteiger partial charge in [-0.3, -0.25) is 4.90 Å². The summed E-state index contributed by atoms with van der Waals surface area (Å²) in [6, 6.07) is 5.02. The molecule has 2 N–H and O–H groups in total. The van der Waals surface area contributed by atoms with E-state index in [1.807, 2.05) is 6.07 Å². The van der Waals surface area contributed by atoms with E-state index in [0.29, 0.717) is 0 Å². The second-order valence-electron chi connectivity index (χ2n) is 4.81. The highest BCUT2D eigenvalue weighted by atomic mass is 19.1. The Hall–Kier alpha value is -1.13. The SMILES string of the molecule is C[C@@H]1CN(Cc2ccc(N)c(F)c2)C[C@H](C)O1. The number of morpholine rings is 1. The van der Waals surface area contributed by atoms with Gasteiger partial charge in [-0.2, -0.15) is 0 Å². The highest BCUT2D eigenvalue weighted by Crippen LogP contribution is 2.17. The number of nitrogen functional groups attached to an aromatic ring is 1. The van der Waals surface area contributed by atoms with Gasteiger partial charge in [-0.05, 0) is 31.5 Å². The van der Waals surface area contributed by atoms with Gasteiger partial charge in [0.05, 0.1) is 17.9 Å². The molecule has 94 valence electrons.